The van der Waals surface area contributed by atoms with Gasteiger partial charge in [-0.1, -0.05) is 36.4 Å². The molecule has 0 bridgehead atoms. The molecule has 3 N–H and O–H groups in total. The number of rotatable bonds is 9. The standard InChI is InChI=1S/C29H36N6O6/c1-27(2,3)26(37)41-17-40-25(36)22-23(28(4,5)38)30-29(6,16-39-7)35(22)19-14-12-18(13-15-19)20-10-8-9-11-21(20)24-31-33-34-32-24/h8-15,30,38H,16-17H2,1-7H3,(H,31,32,33,34). The van der Waals surface area contributed by atoms with Crippen molar-refractivity contribution in [3.8, 4) is 22.5 Å². The van der Waals surface area contributed by atoms with Crippen LogP contribution in [0.1, 0.15) is 41.5 Å². The predicted octanol–water partition coefficient (Wildman–Crippen LogP) is 3.38. The molecule has 1 aliphatic rings. The lowest BCUT2D eigenvalue weighted by Gasteiger charge is -2.37. The molecule has 0 saturated carbocycles. The minimum Gasteiger partial charge on any atom is -0.427 e. The zero-order valence-corrected chi connectivity index (χ0v) is 24.3. The number of carbonyl (C=O) groups is 2. The quantitative estimate of drug-likeness (QED) is 0.259. The van der Waals surface area contributed by atoms with Crippen molar-refractivity contribution in [3.63, 3.8) is 0 Å². The minimum absolute atomic E-state index is 0.0738. The van der Waals surface area contributed by atoms with Crippen LogP contribution in [-0.4, -0.2) is 69.4 Å². The lowest BCUT2D eigenvalue weighted by atomic mass is 9.98. The number of carbonyl (C=O) groups excluding carboxylic acids is 2. The topological polar surface area (TPSA) is 152 Å². The number of hydrogen-bond donors (Lipinski definition) is 3. The Kier molecular flexibility index (Phi) is 8.18. The molecule has 1 unspecified atom stereocenters. The third-order valence-electron chi connectivity index (χ3n) is 6.54. The van der Waals surface area contributed by atoms with Crippen LogP contribution in [0.5, 0.6) is 0 Å². The molecule has 1 aromatic heterocycles. The molecule has 12 nitrogen and oxygen atoms in total. The molecular weight excluding hydrogens is 528 g/mol. The number of H-pyrrole nitrogens is 1. The summed E-state index contributed by atoms with van der Waals surface area (Å²) in [5.41, 5.74) is 0.423. The molecule has 12 heteroatoms. The third-order valence-corrected chi connectivity index (χ3v) is 6.54. The van der Waals surface area contributed by atoms with Gasteiger partial charge in [0.25, 0.3) is 0 Å². The third kappa shape index (κ3) is 6.23. The number of benzene rings is 2. The van der Waals surface area contributed by atoms with Crippen LogP contribution in [0.2, 0.25) is 0 Å². The molecule has 0 spiro atoms. The van der Waals surface area contributed by atoms with E-state index in [2.05, 4.69) is 25.9 Å². The summed E-state index contributed by atoms with van der Waals surface area (Å²) in [5.74, 6) is -0.746. The largest absolute Gasteiger partial charge is 0.427 e. The van der Waals surface area contributed by atoms with Crippen LogP contribution in [0, 0.1) is 5.41 Å². The molecule has 0 amide bonds. The summed E-state index contributed by atoms with van der Waals surface area (Å²) in [4.78, 5) is 27.5. The van der Waals surface area contributed by atoms with E-state index >= 15 is 0 Å². The van der Waals surface area contributed by atoms with Gasteiger partial charge in [-0.25, -0.2) is 9.89 Å². The number of hydrogen-bond acceptors (Lipinski definition) is 11. The fourth-order valence-electron chi connectivity index (χ4n) is 4.60. The van der Waals surface area contributed by atoms with Crippen LogP contribution in [0.25, 0.3) is 22.5 Å². The maximum absolute atomic E-state index is 13.5. The van der Waals surface area contributed by atoms with Crippen LogP contribution < -0.4 is 10.2 Å². The van der Waals surface area contributed by atoms with Crippen molar-refractivity contribution in [1.82, 2.24) is 25.9 Å². The van der Waals surface area contributed by atoms with E-state index in [4.69, 9.17) is 14.2 Å². The van der Waals surface area contributed by atoms with E-state index in [9.17, 15) is 14.7 Å². The summed E-state index contributed by atoms with van der Waals surface area (Å²) in [6.07, 6.45) is 0. The number of nitrogens with one attached hydrogen (secondary N) is 2. The summed E-state index contributed by atoms with van der Waals surface area (Å²) in [7, 11) is 1.55. The molecule has 218 valence electrons. The summed E-state index contributed by atoms with van der Waals surface area (Å²) in [5, 5.41) is 28.5. The molecule has 2 heterocycles. The second-order valence-electron chi connectivity index (χ2n) is 11.5. The van der Waals surface area contributed by atoms with Gasteiger partial charge < -0.3 is 29.5 Å². The van der Waals surface area contributed by atoms with E-state index in [1.807, 2.05) is 55.5 Å². The molecule has 0 fully saturated rings. The molecule has 3 aromatic rings. The van der Waals surface area contributed by atoms with E-state index in [0.29, 0.717) is 11.5 Å². The Morgan fingerprint density at radius 3 is 2.22 bits per heavy atom. The van der Waals surface area contributed by atoms with Gasteiger partial charge in [0.1, 0.15) is 11.3 Å². The molecular formula is C29H36N6O6. The fourth-order valence-corrected chi connectivity index (χ4v) is 4.60. The Balaban J connectivity index is 1.72. The number of aromatic nitrogens is 4. The van der Waals surface area contributed by atoms with Gasteiger partial charge in [-0.2, -0.15) is 0 Å². The van der Waals surface area contributed by atoms with E-state index < -0.39 is 35.4 Å². The second-order valence-corrected chi connectivity index (χ2v) is 11.5. The monoisotopic (exact) mass is 564 g/mol. The molecule has 0 aliphatic carbocycles. The Morgan fingerprint density at radius 2 is 1.66 bits per heavy atom. The fraction of sp³-hybridized carbons (Fsp3) is 0.414. The van der Waals surface area contributed by atoms with Crippen molar-refractivity contribution in [2.24, 2.45) is 5.41 Å². The van der Waals surface area contributed by atoms with Crippen LogP contribution in [0.4, 0.5) is 5.69 Å². The highest BCUT2D eigenvalue weighted by atomic mass is 16.7. The maximum Gasteiger partial charge on any atom is 0.359 e. The lowest BCUT2D eigenvalue weighted by molar-refractivity contribution is -0.171. The second kappa shape index (κ2) is 11.3. The number of nitrogens with zero attached hydrogens (tertiary/aromatic N) is 4. The van der Waals surface area contributed by atoms with Crippen LogP contribution in [0.3, 0.4) is 0 Å². The van der Waals surface area contributed by atoms with Crippen molar-refractivity contribution in [1.29, 1.82) is 0 Å². The first-order valence-electron chi connectivity index (χ1n) is 13.1. The van der Waals surface area contributed by atoms with E-state index in [1.165, 1.54) is 0 Å². The van der Waals surface area contributed by atoms with E-state index in [-0.39, 0.29) is 18.0 Å². The zero-order valence-electron chi connectivity index (χ0n) is 24.3. The van der Waals surface area contributed by atoms with Gasteiger partial charge in [-0.15, -0.1) is 5.10 Å². The first kappa shape index (κ1) is 29.7. The van der Waals surface area contributed by atoms with Gasteiger partial charge in [0.2, 0.25) is 6.79 Å². The summed E-state index contributed by atoms with van der Waals surface area (Å²) in [6.45, 7) is 9.68. The van der Waals surface area contributed by atoms with Gasteiger partial charge in [0.05, 0.1) is 17.7 Å². The van der Waals surface area contributed by atoms with Crippen molar-refractivity contribution >= 4 is 17.6 Å². The van der Waals surface area contributed by atoms with E-state index in [1.54, 1.807) is 46.6 Å². The van der Waals surface area contributed by atoms with Crippen LogP contribution >= 0.6 is 0 Å². The minimum atomic E-state index is -1.44. The number of ether oxygens (including phenoxy) is 3. The maximum atomic E-state index is 13.5. The lowest BCUT2D eigenvalue weighted by Crippen LogP contribution is -2.55. The normalized spacial score (nSPS) is 17.4. The van der Waals surface area contributed by atoms with Gasteiger partial charge in [-0.05, 0) is 75.2 Å². The molecule has 4 rings (SSSR count). The summed E-state index contributed by atoms with van der Waals surface area (Å²) < 4.78 is 16.1. The molecule has 1 aliphatic heterocycles. The first-order chi connectivity index (χ1) is 19.3. The Labute approximate surface area is 238 Å². The molecule has 2 aromatic carbocycles. The summed E-state index contributed by atoms with van der Waals surface area (Å²) in [6, 6.07) is 15.3. The Morgan fingerprint density at radius 1 is 1.00 bits per heavy atom. The van der Waals surface area contributed by atoms with E-state index in [0.717, 1.165) is 16.7 Å². The highest BCUT2D eigenvalue weighted by molar-refractivity contribution is 5.96. The van der Waals surface area contributed by atoms with Crippen molar-refractivity contribution in [2.75, 3.05) is 25.4 Å². The van der Waals surface area contributed by atoms with Crippen LogP contribution in [0.15, 0.2) is 59.9 Å². The average molecular weight is 565 g/mol. The molecule has 1 atom stereocenters. The molecule has 0 radical (unpaired) electrons. The van der Waals surface area contributed by atoms with Crippen molar-refractivity contribution in [2.45, 2.75) is 52.8 Å². The SMILES string of the molecule is COCC1(C)NC(C(C)(C)O)=C(C(=O)OCOC(=O)C(C)(C)C)N1c1ccc(-c2ccccc2-c2nnn[nH]2)cc1. The highest BCUT2D eigenvalue weighted by Gasteiger charge is 2.49. The van der Waals surface area contributed by atoms with Crippen molar-refractivity contribution < 1.29 is 28.9 Å². The number of tetrazole rings is 1. The molecule has 41 heavy (non-hydrogen) atoms. The zero-order chi connectivity index (χ0) is 30.0. The first-order valence-corrected chi connectivity index (χ1v) is 13.1. The number of aliphatic hydroxyl groups is 1. The number of anilines is 1. The smallest absolute Gasteiger partial charge is 0.359 e. The number of methoxy groups -OCH3 is 1. The van der Waals surface area contributed by atoms with Gasteiger partial charge in [0.15, 0.2) is 11.5 Å². The van der Waals surface area contributed by atoms with Crippen molar-refractivity contribution in [3.05, 3.63) is 59.9 Å². The van der Waals surface area contributed by atoms with Gasteiger partial charge >= 0.3 is 11.9 Å². The number of esters is 2. The molecule has 0 saturated heterocycles. The summed E-state index contributed by atoms with van der Waals surface area (Å²) >= 11 is 0. The van der Waals surface area contributed by atoms with Crippen LogP contribution in [-0.2, 0) is 23.8 Å². The predicted molar refractivity (Wildman–Crippen MR) is 151 cm³/mol. The van der Waals surface area contributed by atoms with Gasteiger partial charge in [-0.3, -0.25) is 4.79 Å². The number of aromatic amines is 1. The Bertz CT molecular complexity index is 1420. The average Bonchev–Trinajstić information content (AvgIpc) is 3.55. The van der Waals surface area contributed by atoms with Gasteiger partial charge in [0, 0.05) is 18.4 Å². The Hall–Kier alpha value is -4.29. The highest BCUT2D eigenvalue weighted by Crippen LogP contribution is 2.40.